The lowest BCUT2D eigenvalue weighted by atomic mass is 10.1. The van der Waals surface area contributed by atoms with E-state index in [-0.39, 0.29) is 11.9 Å². The van der Waals surface area contributed by atoms with Gasteiger partial charge < -0.3 is 9.42 Å². The molecule has 0 bridgehead atoms. The minimum Gasteiger partial charge on any atom is -0.339 e. The molecule has 0 spiro atoms. The van der Waals surface area contributed by atoms with Crippen molar-refractivity contribution in [2.75, 3.05) is 6.54 Å². The van der Waals surface area contributed by atoms with Crippen LogP contribution in [0, 0.1) is 0 Å². The molecule has 0 aliphatic heterocycles. The Morgan fingerprint density at radius 3 is 2.83 bits per heavy atom. The largest absolute Gasteiger partial charge is 0.339 e. The zero-order valence-electron chi connectivity index (χ0n) is 14.7. The number of nitrogens with zero attached hydrogens (tertiary/aromatic N) is 4. The molecule has 0 aliphatic carbocycles. The zero-order chi connectivity index (χ0) is 17.4. The molecule has 2 rings (SSSR count). The Kier molecular flexibility index (Phi) is 6.90. The van der Waals surface area contributed by atoms with Crippen molar-refractivity contribution in [3.63, 3.8) is 0 Å². The molecule has 0 fully saturated rings. The van der Waals surface area contributed by atoms with Gasteiger partial charge >= 0.3 is 0 Å². The van der Waals surface area contributed by atoms with Gasteiger partial charge in [0.25, 0.3) is 0 Å². The maximum Gasteiger partial charge on any atom is 0.226 e. The van der Waals surface area contributed by atoms with Crippen LogP contribution < -0.4 is 0 Å². The molecule has 1 unspecified atom stereocenters. The highest BCUT2D eigenvalue weighted by atomic mass is 16.5. The number of aromatic nitrogens is 3. The van der Waals surface area contributed by atoms with Gasteiger partial charge in [-0.25, -0.2) is 0 Å². The fourth-order valence-corrected chi connectivity index (χ4v) is 2.72. The van der Waals surface area contributed by atoms with Gasteiger partial charge in [0.2, 0.25) is 11.8 Å². The van der Waals surface area contributed by atoms with Crippen LogP contribution in [0.2, 0.25) is 0 Å². The Labute approximate surface area is 143 Å². The first-order valence-corrected chi connectivity index (χ1v) is 8.66. The standard InChI is InChI=1S/C18H26N4O2/c1-4-8-16-20-17(24-21-16)10-6-11-18(23)22(5-2)14(3)15-9-7-12-19-13-15/h7,9,12-14H,4-6,8,10-11H2,1-3H3. The summed E-state index contributed by atoms with van der Waals surface area (Å²) in [5, 5.41) is 3.93. The average Bonchev–Trinajstić information content (AvgIpc) is 3.04. The van der Waals surface area contributed by atoms with Crippen LogP contribution in [0.1, 0.15) is 63.4 Å². The van der Waals surface area contributed by atoms with Gasteiger partial charge in [-0.05, 0) is 38.3 Å². The normalized spacial score (nSPS) is 12.1. The maximum atomic E-state index is 12.5. The summed E-state index contributed by atoms with van der Waals surface area (Å²) >= 11 is 0. The predicted molar refractivity (Wildman–Crippen MR) is 91.3 cm³/mol. The monoisotopic (exact) mass is 330 g/mol. The molecule has 1 atom stereocenters. The van der Waals surface area contributed by atoms with E-state index in [4.69, 9.17) is 4.52 Å². The Balaban J connectivity index is 1.85. The van der Waals surface area contributed by atoms with Gasteiger partial charge in [-0.1, -0.05) is 18.1 Å². The smallest absolute Gasteiger partial charge is 0.226 e. The second kappa shape index (κ2) is 9.15. The van der Waals surface area contributed by atoms with E-state index in [2.05, 4.69) is 22.0 Å². The van der Waals surface area contributed by atoms with Gasteiger partial charge in [-0.3, -0.25) is 9.78 Å². The van der Waals surface area contributed by atoms with Crippen molar-refractivity contribution in [2.45, 2.75) is 58.9 Å². The van der Waals surface area contributed by atoms with Crippen LogP contribution in [0.5, 0.6) is 0 Å². The summed E-state index contributed by atoms with van der Waals surface area (Å²) in [4.78, 5) is 22.9. The average molecular weight is 330 g/mol. The molecule has 24 heavy (non-hydrogen) atoms. The van der Waals surface area contributed by atoms with E-state index in [1.54, 1.807) is 6.20 Å². The molecule has 1 amide bonds. The first kappa shape index (κ1) is 18.1. The molecular weight excluding hydrogens is 304 g/mol. The number of carbonyl (C=O) groups excluding carboxylic acids is 1. The highest BCUT2D eigenvalue weighted by molar-refractivity contribution is 5.76. The van der Waals surface area contributed by atoms with Crippen molar-refractivity contribution < 1.29 is 9.32 Å². The van der Waals surface area contributed by atoms with Crippen LogP contribution in [0.4, 0.5) is 0 Å². The minimum atomic E-state index is 0.0239. The second-order valence-electron chi connectivity index (χ2n) is 5.85. The van der Waals surface area contributed by atoms with Crippen LogP contribution in [0.15, 0.2) is 29.0 Å². The summed E-state index contributed by atoms with van der Waals surface area (Å²) in [6.07, 6.45) is 7.21. The van der Waals surface area contributed by atoms with Gasteiger partial charge in [-0.2, -0.15) is 4.98 Å². The fourth-order valence-electron chi connectivity index (χ4n) is 2.72. The topological polar surface area (TPSA) is 72.1 Å². The van der Waals surface area contributed by atoms with Crippen LogP contribution >= 0.6 is 0 Å². The van der Waals surface area contributed by atoms with Crippen LogP contribution in [-0.4, -0.2) is 32.5 Å². The molecule has 0 saturated carbocycles. The molecule has 130 valence electrons. The van der Waals surface area contributed by atoms with Crippen molar-refractivity contribution in [2.24, 2.45) is 0 Å². The highest BCUT2D eigenvalue weighted by Crippen LogP contribution is 2.20. The third kappa shape index (κ3) is 4.88. The van der Waals surface area contributed by atoms with Crippen molar-refractivity contribution in [1.82, 2.24) is 20.0 Å². The summed E-state index contributed by atoms with van der Waals surface area (Å²) in [6.45, 7) is 6.79. The number of hydrogen-bond acceptors (Lipinski definition) is 5. The molecule has 0 aromatic carbocycles. The second-order valence-corrected chi connectivity index (χ2v) is 5.85. The number of carbonyl (C=O) groups is 1. The lowest BCUT2D eigenvalue weighted by Gasteiger charge is -2.28. The molecule has 6 nitrogen and oxygen atoms in total. The van der Waals surface area contributed by atoms with Gasteiger partial charge in [-0.15, -0.1) is 0 Å². The van der Waals surface area contributed by atoms with E-state index < -0.39 is 0 Å². The Hall–Kier alpha value is -2.24. The number of rotatable bonds is 9. The van der Waals surface area contributed by atoms with Crippen molar-refractivity contribution >= 4 is 5.91 Å². The van der Waals surface area contributed by atoms with Crippen LogP contribution in [-0.2, 0) is 17.6 Å². The number of amides is 1. The summed E-state index contributed by atoms with van der Waals surface area (Å²) in [5.41, 5.74) is 1.05. The van der Waals surface area contributed by atoms with E-state index in [1.165, 1.54) is 0 Å². The molecule has 2 heterocycles. The molecular formula is C18H26N4O2. The van der Waals surface area contributed by atoms with Gasteiger partial charge in [0, 0.05) is 38.2 Å². The molecule has 0 radical (unpaired) electrons. The molecule has 0 N–H and O–H groups in total. The summed E-state index contributed by atoms with van der Waals surface area (Å²) < 4.78 is 5.21. The van der Waals surface area contributed by atoms with E-state index in [9.17, 15) is 4.79 Å². The van der Waals surface area contributed by atoms with E-state index in [0.717, 1.165) is 24.2 Å². The fraction of sp³-hybridized carbons (Fsp3) is 0.556. The van der Waals surface area contributed by atoms with Gasteiger partial charge in [0.05, 0.1) is 6.04 Å². The summed E-state index contributed by atoms with van der Waals surface area (Å²) in [5.74, 6) is 1.51. The number of aryl methyl sites for hydroxylation is 2. The summed E-state index contributed by atoms with van der Waals surface area (Å²) in [6, 6.07) is 3.92. The third-order valence-electron chi connectivity index (χ3n) is 4.06. The Morgan fingerprint density at radius 1 is 1.33 bits per heavy atom. The highest BCUT2D eigenvalue weighted by Gasteiger charge is 2.20. The van der Waals surface area contributed by atoms with Gasteiger partial charge in [0.15, 0.2) is 5.82 Å². The number of hydrogen-bond donors (Lipinski definition) is 0. The molecule has 6 heteroatoms. The van der Waals surface area contributed by atoms with E-state index in [1.807, 2.05) is 37.1 Å². The molecule has 0 saturated heterocycles. The minimum absolute atomic E-state index is 0.0239. The quantitative estimate of drug-likeness (QED) is 0.705. The molecule has 0 aliphatic rings. The zero-order valence-corrected chi connectivity index (χ0v) is 14.7. The van der Waals surface area contributed by atoms with Crippen molar-refractivity contribution in [3.05, 3.63) is 41.8 Å². The van der Waals surface area contributed by atoms with E-state index in [0.29, 0.717) is 31.7 Å². The van der Waals surface area contributed by atoms with Crippen LogP contribution in [0.25, 0.3) is 0 Å². The molecule has 2 aromatic heterocycles. The first-order valence-electron chi connectivity index (χ1n) is 8.66. The Bertz CT molecular complexity index is 627. The number of pyridine rings is 1. The first-order chi connectivity index (χ1) is 11.7. The van der Waals surface area contributed by atoms with E-state index >= 15 is 0 Å². The lowest BCUT2D eigenvalue weighted by molar-refractivity contribution is -0.133. The lowest BCUT2D eigenvalue weighted by Crippen LogP contribution is -2.33. The van der Waals surface area contributed by atoms with Crippen molar-refractivity contribution in [1.29, 1.82) is 0 Å². The maximum absolute atomic E-state index is 12.5. The SMILES string of the molecule is CCCc1noc(CCCC(=O)N(CC)C(C)c2cccnc2)n1. The van der Waals surface area contributed by atoms with Crippen molar-refractivity contribution in [3.8, 4) is 0 Å². The molecule has 2 aromatic rings. The summed E-state index contributed by atoms with van der Waals surface area (Å²) in [7, 11) is 0. The predicted octanol–water partition coefficient (Wildman–Crippen LogP) is 3.35. The Morgan fingerprint density at radius 2 is 2.17 bits per heavy atom. The third-order valence-corrected chi connectivity index (χ3v) is 4.06. The van der Waals surface area contributed by atoms with Crippen LogP contribution in [0.3, 0.4) is 0 Å². The van der Waals surface area contributed by atoms with Gasteiger partial charge in [0.1, 0.15) is 0 Å².